The van der Waals surface area contributed by atoms with Crippen LogP contribution in [0.5, 0.6) is 0 Å². The fourth-order valence-electron chi connectivity index (χ4n) is 1.31. The van der Waals surface area contributed by atoms with Gasteiger partial charge in [-0.25, -0.2) is 0 Å². The maximum Gasteiger partial charge on any atom is 0.229 e. The molecule has 0 aliphatic carbocycles. The molecule has 0 fully saturated rings. The lowest BCUT2D eigenvalue weighted by Gasteiger charge is -2.10. The number of hydrogen-bond acceptors (Lipinski definition) is 5. The van der Waals surface area contributed by atoms with E-state index in [1.165, 1.54) is 5.56 Å². The van der Waals surface area contributed by atoms with Crippen LogP contribution in [0.15, 0.2) is 30.3 Å². The number of anilines is 2. The Kier molecular flexibility index (Phi) is 9.50. The molecule has 2 aromatic rings. The van der Waals surface area contributed by atoms with Gasteiger partial charge in [-0.05, 0) is 13.8 Å². The first-order valence-corrected chi connectivity index (χ1v) is 7.12. The molecule has 0 saturated carbocycles. The van der Waals surface area contributed by atoms with Gasteiger partial charge in [0.05, 0.1) is 0 Å². The highest BCUT2D eigenvalue weighted by Gasteiger charge is 2.02. The Bertz CT molecular complexity index is 497. The maximum absolute atomic E-state index is 4.14. The molecule has 0 saturated heterocycles. The number of rotatable bonds is 2. The summed E-state index contributed by atoms with van der Waals surface area (Å²) in [5.41, 5.74) is 1.32. The van der Waals surface area contributed by atoms with Crippen LogP contribution in [0.1, 0.15) is 25.2 Å². The molecule has 5 heteroatoms. The van der Waals surface area contributed by atoms with E-state index in [0.29, 0.717) is 11.9 Å². The SMILES string of the molecule is CC.CNc1nc(C)nc(N(C)C)n1.Cc1ccccc1. The topological polar surface area (TPSA) is 53.9 Å². The molecule has 1 N–H and O–H groups in total. The first-order chi connectivity index (χ1) is 10.0. The Morgan fingerprint density at radius 2 is 1.48 bits per heavy atom. The van der Waals surface area contributed by atoms with Crippen molar-refractivity contribution in [2.75, 3.05) is 31.4 Å². The number of hydrogen-bond donors (Lipinski definition) is 1. The average Bonchev–Trinajstić information content (AvgIpc) is 2.50. The lowest BCUT2D eigenvalue weighted by Crippen LogP contribution is -2.15. The van der Waals surface area contributed by atoms with E-state index >= 15 is 0 Å². The van der Waals surface area contributed by atoms with E-state index in [0.717, 1.165) is 5.82 Å². The van der Waals surface area contributed by atoms with Crippen molar-refractivity contribution in [1.82, 2.24) is 15.0 Å². The number of nitrogens with zero attached hydrogens (tertiary/aromatic N) is 4. The second kappa shape index (κ2) is 10.6. The molecule has 5 nitrogen and oxygen atoms in total. The average molecular weight is 289 g/mol. The first-order valence-electron chi connectivity index (χ1n) is 7.12. The molecular formula is C16H27N5. The predicted molar refractivity (Wildman–Crippen MR) is 91.0 cm³/mol. The van der Waals surface area contributed by atoms with E-state index in [9.17, 15) is 0 Å². The van der Waals surface area contributed by atoms with Gasteiger partial charge in [0.2, 0.25) is 11.9 Å². The summed E-state index contributed by atoms with van der Waals surface area (Å²) in [7, 11) is 5.58. The minimum atomic E-state index is 0.603. The first kappa shape index (κ1) is 18.8. The predicted octanol–water partition coefficient (Wildman–Crippen LogP) is 3.31. The molecule has 0 spiro atoms. The Morgan fingerprint density at radius 1 is 0.905 bits per heavy atom. The van der Waals surface area contributed by atoms with E-state index in [-0.39, 0.29) is 0 Å². The standard InChI is InChI=1S/C7H13N5.C7H8.C2H6/c1-5-9-6(8-2)11-7(10-5)12(3)4;1-7-5-3-2-4-6-7;1-2/h1-4H3,(H,8,9,10,11);2-6H,1H3;1-2H3. The van der Waals surface area contributed by atoms with Crippen molar-refractivity contribution >= 4 is 11.9 Å². The van der Waals surface area contributed by atoms with Crippen LogP contribution in [0.2, 0.25) is 0 Å². The fraction of sp³-hybridized carbons (Fsp3) is 0.438. The Morgan fingerprint density at radius 3 is 1.86 bits per heavy atom. The van der Waals surface area contributed by atoms with Crippen LogP contribution in [0.3, 0.4) is 0 Å². The van der Waals surface area contributed by atoms with Gasteiger partial charge >= 0.3 is 0 Å². The molecule has 1 aromatic heterocycles. The van der Waals surface area contributed by atoms with Gasteiger partial charge in [0.25, 0.3) is 0 Å². The largest absolute Gasteiger partial charge is 0.357 e. The molecule has 21 heavy (non-hydrogen) atoms. The summed E-state index contributed by atoms with van der Waals surface area (Å²) in [6.45, 7) is 7.93. The molecule has 1 heterocycles. The quantitative estimate of drug-likeness (QED) is 0.919. The third kappa shape index (κ3) is 7.87. The van der Waals surface area contributed by atoms with Gasteiger partial charge in [0.15, 0.2) is 0 Å². The smallest absolute Gasteiger partial charge is 0.229 e. The number of benzene rings is 1. The van der Waals surface area contributed by atoms with Gasteiger partial charge in [-0.2, -0.15) is 15.0 Å². The summed E-state index contributed by atoms with van der Waals surface area (Å²) in [6, 6.07) is 10.3. The van der Waals surface area contributed by atoms with Gasteiger partial charge in [-0.15, -0.1) is 0 Å². The molecular weight excluding hydrogens is 262 g/mol. The molecule has 0 amide bonds. The number of aromatic nitrogens is 3. The molecule has 1 aromatic carbocycles. The minimum Gasteiger partial charge on any atom is -0.357 e. The molecule has 0 radical (unpaired) electrons. The zero-order valence-electron chi connectivity index (χ0n) is 14.2. The second-order valence-corrected chi connectivity index (χ2v) is 4.31. The van der Waals surface area contributed by atoms with Crippen LogP contribution in [0.25, 0.3) is 0 Å². The Hall–Kier alpha value is -2.17. The third-order valence-electron chi connectivity index (χ3n) is 2.30. The van der Waals surface area contributed by atoms with Crippen LogP contribution in [-0.2, 0) is 0 Å². The summed E-state index contributed by atoms with van der Waals surface area (Å²) in [4.78, 5) is 14.2. The van der Waals surface area contributed by atoms with Crippen molar-refractivity contribution < 1.29 is 0 Å². The van der Waals surface area contributed by atoms with Gasteiger partial charge < -0.3 is 10.2 Å². The van der Waals surface area contributed by atoms with Crippen molar-refractivity contribution in [3.05, 3.63) is 41.7 Å². The van der Waals surface area contributed by atoms with Crippen LogP contribution < -0.4 is 10.2 Å². The zero-order chi connectivity index (χ0) is 16.3. The summed E-state index contributed by atoms with van der Waals surface area (Å²) < 4.78 is 0. The monoisotopic (exact) mass is 289 g/mol. The second-order valence-electron chi connectivity index (χ2n) is 4.31. The maximum atomic E-state index is 4.14. The molecule has 0 atom stereocenters. The van der Waals surface area contributed by atoms with E-state index in [1.807, 2.05) is 58.0 Å². The van der Waals surface area contributed by atoms with E-state index in [2.05, 4.69) is 39.3 Å². The normalized spacial score (nSPS) is 8.71. The van der Waals surface area contributed by atoms with Gasteiger partial charge in [-0.3, -0.25) is 0 Å². The molecule has 0 unspecified atom stereocenters. The van der Waals surface area contributed by atoms with Crippen molar-refractivity contribution in [2.45, 2.75) is 27.7 Å². The lowest BCUT2D eigenvalue weighted by molar-refractivity contribution is 0.920. The summed E-state index contributed by atoms with van der Waals surface area (Å²) >= 11 is 0. The highest BCUT2D eigenvalue weighted by Crippen LogP contribution is 2.06. The van der Waals surface area contributed by atoms with Gasteiger partial charge in [0.1, 0.15) is 5.82 Å². The lowest BCUT2D eigenvalue weighted by atomic mass is 10.2. The molecule has 0 bridgehead atoms. The third-order valence-corrected chi connectivity index (χ3v) is 2.30. The Labute approximate surface area is 128 Å². The highest BCUT2D eigenvalue weighted by molar-refractivity contribution is 5.34. The Balaban J connectivity index is 0.000000377. The molecule has 0 aliphatic heterocycles. The van der Waals surface area contributed by atoms with Crippen LogP contribution in [-0.4, -0.2) is 36.1 Å². The zero-order valence-corrected chi connectivity index (χ0v) is 14.2. The minimum absolute atomic E-state index is 0.603. The molecule has 116 valence electrons. The van der Waals surface area contributed by atoms with Crippen molar-refractivity contribution in [2.24, 2.45) is 0 Å². The molecule has 2 rings (SSSR count). The van der Waals surface area contributed by atoms with Gasteiger partial charge in [0, 0.05) is 21.1 Å². The highest BCUT2D eigenvalue weighted by atomic mass is 15.3. The van der Waals surface area contributed by atoms with Crippen LogP contribution >= 0.6 is 0 Å². The molecule has 0 aliphatic rings. The number of aryl methyl sites for hydroxylation is 2. The van der Waals surface area contributed by atoms with E-state index < -0.39 is 0 Å². The van der Waals surface area contributed by atoms with Crippen LogP contribution in [0, 0.1) is 13.8 Å². The fourth-order valence-corrected chi connectivity index (χ4v) is 1.31. The van der Waals surface area contributed by atoms with E-state index in [1.54, 1.807) is 7.05 Å². The summed E-state index contributed by atoms with van der Waals surface area (Å²) in [5.74, 6) is 2.00. The summed E-state index contributed by atoms with van der Waals surface area (Å²) in [6.07, 6.45) is 0. The van der Waals surface area contributed by atoms with Crippen LogP contribution in [0.4, 0.5) is 11.9 Å². The summed E-state index contributed by atoms with van der Waals surface area (Å²) in [5, 5.41) is 2.87. The van der Waals surface area contributed by atoms with Crippen molar-refractivity contribution in [3.8, 4) is 0 Å². The van der Waals surface area contributed by atoms with Crippen molar-refractivity contribution in [3.63, 3.8) is 0 Å². The van der Waals surface area contributed by atoms with Crippen molar-refractivity contribution in [1.29, 1.82) is 0 Å². The number of nitrogens with one attached hydrogen (secondary N) is 1. The van der Waals surface area contributed by atoms with E-state index in [4.69, 9.17) is 0 Å². The van der Waals surface area contributed by atoms with Gasteiger partial charge in [-0.1, -0.05) is 49.7 Å².